The van der Waals surface area contributed by atoms with Crippen molar-refractivity contribution >= 4 is 34.5 Å². The van der Waals surface area contributed by atoms with Crippen molar-refractivity contribution in [1.29, 1.82) is 0 Å². The molecule has 1 saturated heterocycles. The molecule has 2 amide bonds. The number of hydrogen-bond donors (Lipinski definition) is 1. The number of nitrogens with one attached hydrogen (secondary N) is 1. The number of amides is 2. The number of unbranched alkanes of at least 4 members (excludes halogenated alkanes) is 1. The smallest absolute Gasteiger partial charge is 0.286 e. The highest BCUT2D eigenvalue weighted by molar-refractivity contribution is 8.15. The SMILES string of the molecule is O=C1NC(=O)C(CCCCOc2ccc(OCc3ccc(Cl)cc3)cc2)S1. The van der Waals surface area contributed by atoms with Crippen molar-refractivity contribution in [3.63, 3.8) is 0 Å². The lowest BCUT2D eigenvalue weighted by atomic mass is 10.2. The quantitative estimate of drug-likeness (QED) is 0.606. The van der Waals surface area contributed by atoms with E-state index >= 15 is 0 Å². The summed E-state index contributed by atoms with van der Waals surface area (Å²) in [5, 5.41) is 2.50. The van der Waals surface area contributed by atoms with Gasteiger partial charge in [0.25, 0.3) is 5.24 Å². The molecule has 1 aliphatic heterocycles. The van der Waals surface area contributed by atoms with Crippen LogP contribution in [-0.2, 0) is 11.4 Å². The van der Waals surface area contributed by atoms with Crippen molar-refractivity contribution in [3.05, 3.63) is 59.1 Å². The lowest BCUT2D eigenvalue weighted by molar-refractivity contribution is -0.119. The first-order valence-electron chi connectivity index (χ1n) is 8.72. The van der Waals surface area contributed by atoms with Crippen LogP contribution in [0.2, 0.25) is 5.02 Å². The Balaban J connectivity index is 1.33. The van der Waals surface area contributed by atoms with E-state index in [1.165, 1.54) is 0 Å². The molecule has 0 radical (unpaired) electrons. The van der Waals surface area contributed by atoms with Gasteiger partial charge in [0.2, 0.25) is 5.91 Å². The van der Waals surface area contributed by atoms with E-state index in [9.17, 15) is 9.59 Å². The zero-order valence-corrected chi connectivity index (χ0v) is 16.2. The molecule has 7 heteroatoms. The third-order valence-corrected chi connectivity index (χ3v) is 5.34. The zero-order chi connectivity index (χ0) is 19.1. The second-order valence-electron chi connectivity index (χ2n) is 6.11. The van der Waals surface area contributed by atoms with Gasteiger partial charge in [-0.25, -0.2) is 0 Å². The van der Waals surface area contributed by atoms with Gasteiger partial charge in [0.05, 0.1) is 11.9 Å². The highest BCUT2D eigenvalue weighted by Gasteiger charge is 2.30. The maximum absolute atomic E-state index is 11.5. The number of imide groups is 1. The Bertz CT molecular complexity index is 780. The van der Waals surface area contributed by atoms with Crippen LogP contribution in [0.5, 0.6) is 11.5 Å². The van der Waals surface area contributed by atoms with Crippen LogP contribution in [0, 0.1) is 0 Å². The van der Waals surface area contributed by atoms with Crippen molar-refractivity contribution < 1.29 is 19.1 Å². The van der Waals surface area contributed by atoms with Crippen molar-refractivity contribution in [1.82, 2.24) is 5.32 Å². The Morgan fingerprint density at radius 1 is 0.926 bits per heavy atom. The average molecular weight is 406 g/mol. The minimum absolute atomic E-state index is 0.180. The third-order valence-electron chi connectivity index (χ3n) is 4.04. The van der Waals surface area contributed by atoms with Crippen LogP contribution in [0.25, 0.3) is 0 Å². The van der Waals surface area contributed by atoms with Gasteiger partial charge in [-0.1, -0.05) is 35.5 Å². The number of benzene rings is 2. The van der Waals surface area contributed by atoms with Gasteiger partial charge in [-0.3, -0.25) is 14.9 Å². The molecule has 142 valence electrons. The summed E-state index contributed by atoms with van der Waals surface area (Å²) in [4.78, 5) is 22.6. The number of rotatable bonds is 9. The molecular formula is C20H20ClNO4S. The van der Waals surface area contributed by atoms with E-state index in [4.69, 9.17) is 21.1 Å². The Morgan fingerprint density at radius 2 is 1.59 bits per heavy atom. The fraction of sp³-hybridized carbons (Fsp3) is 0.300. The lowest BCUT2D eigenvalue weighted by Gasteiger charge is -2.09. The molecule has 2 aromatic carbocycles. The molecule has 5 nitrogen and oxygen atoms in total. The van der Waals surface area contributed by atoms with E-state index in [1.54, 1.807) is 0 Å². The van der Waals surface area contributed by atoms with Gasteiger partial charge < -0.3 is 9.47 Å². The van der Waals surface area contributed by atoms with Gasteiger partial charge in [-0.2, -0.15) is 0 Å². The van der Waals surface area contributed by atoms with Crippen LogP contribution in [0.1, 0.15) is 24.8 Å². The van der Waals surface area contributed by atoms with E-state index in [-0.39, 0.29) is 16.4 Å². The molecule has 0 saturated carbocycles. The molecular weight excluding hydrogens is 386 g/mol. The topological polar surface area (TPSA) is 64.6 Å². The first kappa shape index (κ1) is 19.6. The number of carbonyl (C=O) groups is 2. The normalized spacial score (nSPS) is 16.3. The molecule has 27 heavy (non-hydrogen) atoms. The largest absolute Gasteiger partial charge is 0.494 e. The number of ether oxygens (including phenoxy) is 2. The number of thioether (sulfide) groups is 1. The maximum atomic E-state index is 11.5. The molecule has 1 N–H and O–H groups in total. The summed E-state index contributed by atoms with van der Waals surface area (Å²) in [6.07, 6.45) is 2.34. The van der Waals surface area contributed by atoms with Crippen molar-refractivity contribution in [2.24, 2.45) is 0 Å². The van der Waals surface area contributed by atoms with Gasteiger partial charge in [0.15, 0.2) is 0 Å². The summed E-state index contributed by atoms with van der Waals surface area (Å²) in [5.41, 5.74) is 1.05. The summed E-state index contributed by atoms with van der Waals surface area (Å²) in [7, 11) is 0. The highest BCUT2D eigenvalue weighted by Crippen LogP contribution is 2.24. The molecule has 1 heterocycles. The van der Waals surface area contributed by atoms with Crippen LogP contribution in [0.15, 0.2) is 48.5 Å². The van der Waals surface area contributed by atoms with E-state index < -0.39 is 0 Å². The first-order chi connectivity index (χ1) is 13.1. The van der Waals surface area contributed by atoms with Crippen LogP contribution < -0.4 is 14.8 Å². The van der Waals surface area contributed by atoms with Gasteiger partial charge in [-0.15, -0.1) is 0 Å². The second kappa shape index (κ2) is 9.67. The number of carbonyl (C=O) groups excluding carboxylic acids is 2. The standard InChI is InChI=1S/C20H20ClNO4S/c21-15-6-4-14(5-7-15)13-26-17-10-8-16(9-11-17)25-12-2-1-3-18-19(23)22-20(24)27-18/h4-11,18H,1-3,12-13H2,(H,22,23,24). The Morgan fingerprint density at radius 3 is 2.22 bits per heavy atom. The van der Waals surface area contributed by atoms with Crippen molar-refractivity contribution in [2.75, 3.05) is 6.61 Å². The summed E-state index contributed by atoms with van der Waals surface area (Å²) in [6, 6.07) is 15.0. The van der Waals surface area contributed by atoms with Gasteiger partial charge in [0.1, 0.15) is 18.1 Å². The monoisotopic (exact) mass is 405 g/mol. The zero-order valence-electron chi connectivity index (χ0n) is 14.7. The molecule has 1 unspecified atom stereocenters. The van der Waals surface area contributed by atoms with Crippen molar-refractivity contribution in [2.45, 2.75) is 31.1 Å². The van der Waals surface area contributed by atoms with E-state index in [0.29, 0.717) is 24.7 Å². The molecule has 1 atom stereocenters. The lowest BCUT2D eigenvalue weighted by Crippen LogP contribution is -2.24. The number of hydrogen-bond acceptors (Lipinski definition) is 5. The van der Waals surface area contributed by atoms with Crippen LogP contribution in [0.3, 0.4) is 0 Å². The van der Waals surface area contributed by atoms with E-state index in [1.807, 2.05) is 48.5 Å². The fourth-order valence-electron chi connectivity index (χ4n) is 2.58. The first-order valence-corrected chi connectivity index (χ1v) is 9.97. The third kappa shape index (κ3) is 6.19. The van der Waals surface area contributed by atoms with Gasteiger partial charge in [0, 0.05) is 5.02 Å². The summed E-state index contributed by atoms with van der Waals surface area (Å²) in [5.74, 6) is 1.36. The molecule has 1 aliphatic rings. The predicted octanol–water partition coefficient (Wildman–Crippen LogP) is 4.82. The fourth-order valence-corrected chi connectivity index (χ4v) is 3.58. The molecule has 2 aromatic rings. The van der Waals surface area contributed by atoms with E-state index in [2.05, 4.69) is 5.32 Å². The summed E-state index contributed by atoms with van der Waals surface area (Å²) in [6.45, 7) is 1.05. The Kier molecular flexibility index (Phi) is 7.01. The van der Waals surface area contributed by atoms with Crippen LogP contribution in [-0.4, -0.2) is 23.0 Å². The molecule has 0 aromatic heterocycles. The Labute approximate surface area is 167 Å². The minimum atomic E-state index is -0.255. The summed E-state index contributed by atoms with van der Waals surface area (Å²) >= 11 is 6.94. The average Bonchev–Trinajstić information content (AvgIpc) is 2.99. The highest BCUT2D eigenvalue weighted by atomic mass is 35.5. The molecule has 0 bridgehead atoms. The summed E-state index contributed by atoms with van der Waals surface area (Å²) < 4.78 is 11.4. The number of halogens is 1. The van der Waals surface area contributed by atoms with Gasteiger partial charge >= 0.3 is 0 Å². The predicted molar refractivity (Wildman–Crippen MR) is 106 cm³/mol. The molecule has 3 rings (SSSR count). The van der Waals surface area contributed by atoms with Crippen LogP contribution >= 0.6 is 23.4 Å². The maximum Gasteiger partial charge on any atom is 0.286 e. The molecule has 0 aliphatic carbocycles. The van der Waals surface area contributed by atoms with E-state index in [0.717, 1.165) is 41.7 Å². The van der Waals surface area contributed by atoms with Crippen LogP contribution in [0.4, 0.5) is 4.79 Å². The second-order valence-corrected chi connectivity index (χ2v) is 7.73. The molecule has 1 fully saturated rings. The Hall–Kier alpha value is -2.18. The minimum Gasteiger partial charge on any atom is -0.494 e. The van der Waals surface area contributed by atoms with Crippen molar-refractivity contribution in [3.8, 4) is 11.5 Å². The molecule has 0 spiro atoms. The van der Waals surface area contributed by atoms with Gasteiger partial charge in [-0.05, 0) is 61.2 Å².